The van der Waals surface area contributed by atoms with Gasteiger partial charge >= 0.3 is 11.9 Å². The number of carbonyl (C=O) groups is 2. The lowest BCUT2D eigenvalue weighted by Gasteiger charge is -2.39. The van der Waals surface area contributed by atoms with Crippen LogP contribution in [0, 0.1) is 0 Å². The molecule has 1 N–H and O–H groups in total. The molecule has 1 aromatic carbocycles. The molecule has 0 spiro atoms. The SMILES string of the molecule is CC(C)(C)[Si](C)(C)Oc1ccc(/C=C/C(=O)O[C@H]2COC(=O)[C@@]2(C)O)cc1O[Si](C)(C)C(C)(C)C. The van der Waals surface area contributed by atoms with Crippen LogP contribution >= 0.6 is 0 Å². The van der Waals surface area contributed by atoms with Crippen molar-refractivity contribution in [2.24, 2.45) is 0 Å². The van der Waals surface area contributed by atoms with Gasteiger partial charge < -0.3 is 23.4 Å². The molecule has 0 radical (unpaired) electrons. The summed E-state index contributed by atoms with van der Waals surface area (Å²) in [5, 5.41) is 10.2. The molecule has 9 heteroatoms. The molecule has 1 aliphatic heterocycles. The lowest BCUT2D eigenvalue weighted by Crippen LogP contribution is -2.45. The fraction of sp³-hybridized carbons (Fsp3) is 0.615. The average molecular weight is 523 g/mol. The molecular formula is C26H42O7Si2. The number of hydrogen-bond donors (Lipinski definition) is 1. The van der Waals surface area contributed by atoms with E-state index in [1.165, 1.54) is 13.0 Å². The molecule has 0 aromatic heterocycles. The zero-order chi connectivity index (χ0) is 27.0. The van der Waals surface area contributed by atoms with Gasteiger partial charge in [-0.05, 0) is 67.0 Å². The number of esters is 2. The Morgan fingerprint density at radius 1 is 1.03 bits per heavy atom. The van der Waals surface area contributed by atoms with Crippen LogP contribution in [0.2, 0.25) is 36.3 Å². The number of rotatable bonds is 7. The van der Waals surface area contributed by atoms with Gasteiger partial charge in [0.05, 0.1) is 0 Å². The van der Waals surface area contributed by atoms with Gasteiger partial charge in [-0.3, -0.25) is 0 Å². The minimum Gasteiger partial charge on any atom is -0.541 e. The summed E-state index contributed by atoms with van der Waals surface area (Å²) in [5.41, 5.74) is -1.11. The van der Waals surface area contributed by atoms with Crippen molar-refractivity contribution in [1.82, 2.24) is 0 Å². The molecule has 0 aliphatic carbocycles. The van der Waals surface area contributed by atoms with Crippen molar-refractivity contribution in [3.63, 3.8) is 0 Å². The van der Waals surface area contributed by atoms with Crippen molar-refractivity contribution in [3.05, 3.63) is 29.8 Å². The van der Waals surface area contributed by atoms with Gasteiger partial charge in [-0.15, -0.1) is 0 Å². The van der Waals surface area contributed by atoms with E-state index in [4.69, 9.17) is 18.3 Å². The second-order valence-electron chi connectivity index (χ2n) is 12.4. The van der Waals surface area contributed by atoms with Gasteiger partial charge in [0.15, 0.2) is 11.7 Å². The van der Waals surface area contributed by atoms with Crippen LogP contribution in [-0.4, -0.2) is 52.0 Å². The van der Waals surface area contributed by atoms with E-state index in [1.54, 1.807) is 6.08 Å². The number of cyclic esters (lactones) is 1. The van der Waals surface area contributed by atoms with E-state index in [2.05, 4.69) is 67.7 Å². The van der Waals surface area contributed by atoms with Gasteiger partial charge in [0, 0.05) is 6.08 Å². The second kappa shape index (κ2) is 9.74. The standard InChI is InChI=1S/C26H42O7Si2/c1-24(2,3)34(8,9)32-19-14-12-18(16-20(19)33-35(10,11)25(4,5)6)13-15-22(27)31-21-17-30-23(28)26(21,7)29/h12-16,21,29H,17H2,1-11H3/b15-13+/t21-,26-/m0/s1. The second-order valence-corrected chi connectivity index (χ2v) is 21.9. The number of aliphatic hydroxyl groups is 1. The Balaban J connectivity index is 2.33. The molecule has 1 saturated heterocycles. The number of carbonyl (C=O) groups excluding carboxylic acids is 2. The van der Waals surface area contributed by atoms with E-state index < -0.39 is 40.3 Å². The molecule has 7 nitrogen and oxygen atoms in total. The third-order valence-electron chi connectivity index (χ3n) is 7.39. The third-order valence-corrected chi connectivity index (χ3v) is 16.1. The average Bonchev–Trinajstić information content (AvgIpc) is 2.92. The molecule has 196 valence electrons. The predicted molar refractivity (Wildman–Crippen MR) is 143 cm³/mol. The molecule has 1 heterocycles. The van der Waals surface area contributed by atoms with Crippen molar-refractivity contribution in [2.75, 3.05) is 6.61 Å². The summed E-state index contributed by atoms with van der Waals surface area (Å²) in [7, 11) is -4.28. The first kappa shape index (κ1) is 29.1. The van der Waals surface area contributed by atoms with Crippen LogP contribution in [0.25, 0.3) is 6.08 Å². The highest BCUT2D eigenvalue weighted by Crippen LogP contribution is 2.43. The molecular weight excluding hydrogens is 480 g/mol. The van der Waals surface area contributed by atoms with E-state index in [1.807, 2.05) is 18.2 Å². The zero-order valence-electron chi connectivity index (χ0n) is 23.1. The Hall–Kier alpha value is -2.11. The normalized spacial score (nSPS) is 21.7. The highest BCUT2D eigenvalue weighted by molar-refractivity contribution is 6.75. The summed E-state index contributed by atoms with van der Waals surface area (Å²) in [4.78, 5) is 23.9. The zero-order valence-corrected chi connectivity index (χ0v) is 25.1. The topological polar surface area (TPSA) is 91.3 Å². The fourth-order valence-electron chi connectivity index (χ4n) is 2.73. The molecule has 0 saturated carbocycles. The molecule has 0 amide bonds. The molecule has 35 heavy (non-hydrogen) atoms. The Bertz CT molecular complexity index is 982. The van der Waals surface area contributed by atoms with E-state index in [-0.39, 0.29) is 16.7 Å². The molecule has 1 aromatic rings. The molecule has 1 aliphatic rings. The van der Waals surface area contributed by atoms with E-state index >= 15 is 0 Å². The van der Waals surface area contributed by atoms with Crippen LogP contribution in [0.4, 0.5) is 0 Å². The van der Waals surface area contributed by atoms with Crippen molar-refractivity contribution in [1.29, 1.82) is 0 Å². The molecule has 1 fully saturated rings. The number of ether oxygens (including phenoxy) is 2. The van der Waals surface area contributed by atoms with Crippen molar-refractivity contribution < 1.29 is 33.0 Å². The van der Waals surface area contributed by atoms with Crippen LogP contribution < -0.4 is 8.85 Å². The lowest BCUT2D eigenvalue weighted by molar-refractivity contribution is -0.160. The summed E-state index contributed by atoms with van der Waals surface area (Å²) in [6.45, 7) is 23.0. The van der Waals surface area contributed by atoms with Crippen LogP contribution in [0.1, 0.15) is 54.0 Å². The lowest BCUT2D eigenvalue weighted by atomic mass is 10.0. The van der Waals surface area contributed by atoms with Gasteiger partial charge in [0.2, 0.25) is 0 Å². The van der Waals surface area contributed by atoms with Crippen LogP contribution in [0.3, 0.4) is 0 Å². The summed E-state index contributed by atoms with van der Waals surface area (Å²) in [6.07, 6.45) is 1.83. The Labute approximate surface area is 212 Å². The van der Waals surface area contributed by atoms with Gasteiger partial charge in [0.25, 0.3) is 16.6 Å². The first-order chi connectivity index (χ1) is 15.7. The Morgan fingerprint density at radius 3 is 2.00 bits per heavy atom. The van der Waals surface area contributed by atoms with Crippen molar-refractivity contribution in [2.45, 2.75) is 96.4 Å². The maximum atomic E-state index is 12.3. The monoisotopic (exact) mass is 522 g/mol. The predicted octanol–water partition coefficient (Wildman–Crippen LogP) is 5.69. The number of hydrogen-bond acceptors (Lipinski definition) is 7. The molecule has 2 rings (SSSR count). The van der Waals surface area contributed by atoms with Crippen LogP contribution in [0.15, 0.2) is 24.3 Å². The van der Waals surface area contributed by atoms with E-state index in [0.717, 1.165) is 5.56 Å². The smallest absolute Gasteiger partial charge is 0.342 e. The maximum Gasteiger partial charge on any atom is 0.342 e. The summed E-state index contributed by atoms with van der Waals surface area (Å²) in [6, 6.07) is 5.64. The van der Waals surface area contributed by atoms with Crippen molar-refractivity contribution >= 4 is 34.6 Å². The molecule has 2 atom stereocenters. The molecule has 0 unspecified atom stereocenters. The molecule has 0 bridgehead atoms. The van der Waals surface area contributed by atoms with Crippen LogP contribution in [0.5, 0.6) is 11.5 Å². The Kier molecular flexibility index (Phi) is 8.11. The Morgan fingerprint density at radius 2 is 1.54 bits per heavy atom. The summed E-state index contributed by atoms with van der Waals surface area (Å²) >= 11 is 0. The van der Waals surface area contributed by atoms with Gasteiger partial charge in [-0.25, -0.2) is 9.59 Å². The first-order valence-corrected chi connectivity index (χ1v) is 17.8. The largest absolute Gasteiger partial charge is 0.541 e. The van der Waals surface area contributed by atoms with Crippen molar-refractivity contribution in [3.8, 4) is 11.5 Å². The quantitative estimate of drug-likeness (QED) is 0.279. The summed E-state index contributed by atoms with van der Waals surface area (Å²) < 4.78 is 23.3. The fourth-order valence-corrected chi connectivity index (χ4v) is 4.77. The highest BCUT2D eigenvalue weighted by atomic mass is 28.4. The van der Waals surface area contributed by atoms with E-state index in [0.29, 0.717) is 11.5 Å². The minimum atomic E-state index is -2.17. The first-order valence-electron chi connectivity index (χ1n) is 12.0. The van der Waals surface area contributed by atoms with Crippen LogP contribution in [-0.2, 0) is 19.1 Å². The highest BCUT2D eigenvalue weighted by Gasteiger charge is 2.49. The summed E-state index contributed by atoms with van der Waals surface area (Å²) in [5.74, 6) is -0.112. The number of benzene rings is 1. The van der Waals surface area contributed by atoms with Gasteiger partial charge in [-0.1, -0.05) is 47.6 Å². The van der Waals surface area contributed by atoms with Gasteiger partial charge in [-0.2, -0.15) is 0 Å². The minimum absolute atomic E-state index is 0.00533. The van der Waals surface area contributed by atoms with Gasteiger partial charge in [0.1, 0.15) is 18.1 Å². The maximum absolute atomic E-state index is 12.3. The third kappa shape index (κ3) is 6.77. The van der Waals surface area contributed by atoms with E-state index in [9.17, 15) is 14.7 Å².